The predicted octanol–water partition coefficient (Wildman–Crippen LogP) is 2.32. The predicted molar refractivity (Wildman–Crippen MR) is 63.9 cm³/mol. The van der Waals surface area contributed by atoms with Gasteiger partial charge in [0.25, 0.3) is 0 Å². The highest BCUT2D eigenvalue weighted by atomic mass is 32.2. The van der Waals surface area contributed by atoms with Crippen molar-refractivity contribution in [2.24, 2.45) is 5.73 Å². The number of aliphatic hydroxyl groups excluding tert-OH is 1. The first-order chi connectivity index (χ1) is 7.16. The summed E-state index contributed by atoms with van der Waals surface area (Å²) in [6, 6.07) is 7.87. The lowest BCUT2D eigenvalue weighted by atomic mass is 10.0. The summed E-state index contributed by atoms with van der Waals surface area (Å²) < 4.78 is 0. The highest BCUT2D eigenvalue weighted by Crippen LogP contribution is 2.39. The number of thioether (sulfide) groups is 1. The van der Waals surface area contributed by atoms with Gasteiger partial charge in [0.05, 0.1) is 6.10 Å². The van der Waals surface area contributed by atoms with E-state index >= 15 is 0 Å². The third kappa shape index (κ3) is 2.97. The van der Waals surface area contributed by atoms with Crippen LogP contribution in [0, 0.1) is 0 Å². The maximum atomic E-state index is 9.75. The number of rotatable bonds is 4. The molecule has 0 radical (unpaired) electrons. The van der Waals surface area contributed by atoms with E-state index in [4.69, 9.17) is 5.73 Å². The first-order valence-corrected chi connectivity index (χ1v) is 6.25. The molecule has 3 N–H and O–H groups in total. The van der Waals surface area contributed by atoms with Gasteiger partial charge in [-0.05, 0) is 37.5 Å². The highest BCUT2D eigenvalue weighted by Gasteiger charge is 2.22. The Hall–Kier alpha value is -0.510. The first-order valence-electron chi connectivity index (χ1n) is 5.37. The monoisotopic (exact) mass is 223 g/mol. The molecule has 1 aromatic carbocycles. The molecule has 2 atom stereocenters. The molecule has 0 aromatic heterocycles. The zero-order chi connectivity index (χ0) is 10.8. The van der Waals surface area contributed by atoms with Crippen molar-refractivity contribution < 1.29 is 5.11 Å². The summed E-state index contributed by atoms with van der Waals surface area (Å²) in [4.78, 5) is 1.29. The lowest BCUT2D eigenvalue weighted by molar-refractivity contribution is 0.153. The molecule has 2 rings (SSSR count). The van der Waals surface area contributed by atoms with Gasteiger partial charge in [0, 0.05) is 16.2 Å². The van der Waals surface area contributed by atoms with E-state index in [1.54, 1.807) is 0 Å². The van der Waals surface area contributed by atoms with Crippen molar-refractivity contribution in [1.82, 2.24) is 0 Å². The fourth-order valence-electron chi connectivity index (χ4n) is 1.43. The van der Waals surface area contributed by atoms with E-state index in [0.29, 0.717) is 0 Å². The summed E-state index contributed by atoms with van der Waals surface area (Å²) in [5.41, 5.74) is 6.55. The molecule has 3 heteroatoms. The quantitative estimate of drug-likeness (QED) is 0.823. The normalized spacial score (nSPS) is 19.9. The molecule has 0 unspecified atom stereocenters. The summed E-state index contributed by atoms with van der Waals surface area (Å²) in [6.45, 7) is 1.82. The van der Waals surface area contributed by atoms with Crippen molar-refractivity contribution in [1.29, 1.82) is 0 Å². The number of nitrogens with two attached hydrogens (primary N) is 1. The van der Waals surface area contributed by atoms with Gasteiger partial charge < -0.3 is 10.8 Å². The van der Waals surface area contributed by atoms with Crippen molar-refractivity contribution in [3.63, 3.8) is 0 Å². The van der Waals surface area contributed by atoms with Crippen LogP contribution in [0.1, 0.15) is 31.4 Å². The van der Waals surface area contributed by atoms with Crippen LogP contribution in [0.3, 0.4) is 0 Å². The second kappa shape index (κ2) is 4.56. The van der Waals surface area contributed by atoms with Crippen molar-refractivity contribution in [3.05, 3.63) is 29.8 Å². The maximum absolute atomic E-state index is 9.75. The Morgan fingerprint density at radius 3 is 2.40 bits per heavy atom. The van der Waals surface area contributed by atoms with Gasteiger partial charge in [-0.2, -0.15) is 0 Å². The van der Waals surface area contributed by atoms with Crippen LogP contribution in [0.4, 0.5) is 0 Å². The smallest absolute Gasteiger partial charge is 0.0938 e. The number of hydrogen-bond acceptors (Lipinski definition) is 3. The highest BCUT2D eigenvalue weighted by molar-refractivity contribution is 8.00. The van der Waals surface area contributed by atoms with E-state index in [1.165, 1.54) is 17.7 Å². The average Bonchev–Trinajstić information content (AvgIpc) is 3.02. The van der Waals surface area contributed by atoms with E-state index in [-0.39, 0.29) is 6.04 Å². The molecular weight excluding hydrogens is 206 g/mol. The molecule has 0 heterocycles. The minimum atomic E-state index is -0.551. The van der Waals surface area contributed by atoms with Crippen LogP contribution in [0.15, 0.2) is 29.2 Å². The first kappa shape index (κ1) is 11.0. The number of benzene rings is 1. The third-order valence-electron chi connectivity index (χ3n) is 2.55. The van der Waals surface area contributed by atoms with Crippen molar-refractivity contribution in [3.8, 4) is 0 Å². The van der Waals surface area contributed by atoms with Gasteiger partial charge in [-0.25, -0.2) is 0 Å². The summed E-state index contributed by atoms with van der Waals surface area (Å²) in [5, 5.41) is 10.6. The zero-order valence-electron chi connectivity index (χ0n) is 8.89. The Morgan fingerprint density at radius 1 is 1.33 bits per heavy atom. The second-order valence-corrected chi connectivity index (χ2v) is 5.56. The number of aliphatic hydroxyl groups is 1. The second-order valence-electron chi connectivity index (χ2n) is 4.19. The topological polar surface area (TPSA) is 46.2 Å². The molecule has 1 aliphatic carbocycles. The van der Waals surface area contributed by atoms with Gasteiger partial charge in [0.1, 0.15) is 0 Å². The van der Waals surface area contributed by atoms with E-state index < -0.39 is 6.10 Å². The number of hydrogen-bond donors (Lipinski definition) is 2. The van der Waals surface area contributed by atoms with Crippen LogP contribution in [-0.2, 0) is 0 Å². The molecular formula is C12H17NOS. The lowest BCUT2D eigenvalue weighted by Gasteiger charge is -2.14. The van der Waals surface area contributed by atoms with Crippen LogP contribution in [0.5, 0.6) is 0 Å². The Balaban J connectivity index is 2.02. The maximum Gasteiger partial charge on any atom is 0.0938 e. The van der Waals surface area contributed by atoms with E-state index in [1.807, 2.05) is 30.8 Å². The van der Waals surface area contributed by atoms with Gasteiger partial charge in [0.2, 0.25) is 0 Å². The van der Waals surface area contributed by atoms with Crippen molar-refractivity contribution >= 4 is 11.8 Å². The standard InChI is InChI=1S/C12H17NOS/c1-8(13)12(14)9-2-4-10(5-3-9)15-11-6-7-11/h2-5,8,11-12,14H,6-7,13H2,1H3/t8-,12-/m0/s1. The minimum absolute atomic E-state index is 0.216. The summed E-state index contributed by atoms with van der Waals surface area (Å²) in [6.07, 6.45) is 2.13. The van der Waals surface area contributed by atoms with Gasteiger partial charge in [-0.15, -0.1) is 11.8 Å². The van der Waals surface area contributed by atoms with Crippen LogP contribution in [0.2, 0.25) is 0 Å². The molecule has 15 heavy (non-hydrogen) atoms. The van der Waals surface area contributed by atoms with Crippen molar-refractivity contribution in [2.45, 2.75) is 42.1 Å². The molecule has 1 saturated carbocycles. The molecule has 1 fully saturated rings. The Labute approximate surface area is 94.9 Å². The SMILES string of the molecule is C[C@H](N)[C@H](O)c1ccc(SC2CC2)cc1. The third-order valence-corrected chi connectivity index (χ3v) is 3.90. The van der Waals surface area contributed by atoms with Crippen LogP contribution < -0.4 is 5.73 Å². The molecule has 1 aliphatic rings. The van der Waals surface area contributed by atoms with E-state index in [2.05, 4.69) is 12.1 Å². The molecule has 0 amide bonds. The minimum Gasteiger partial charge on any atom is -0.387 e. The summed E-state index contributed by atoms with van der Waals surface area (Å²) in [7, 11) is 0. The molecule has 0 bridgehead atoms. The lowest BCUT2D eigenvalue weighted by Crippen LogP contribution is -2.24. The Bertz CT molecular complexity index is 319. The van der Waals surface area contributed by atoms with E-state index in [9.17, 15) is 5.11 Å². The van der Waals surface area contributed by atoms with Crippen molar-refractivity contribution in [2.75, 3.05) is 0 Å². The van der Waals surface area contributed by atoms with Gasteiger partial charge >= 0.3 is 0 Å². The van der Waals surface area contributed by atoms with Crippen LogP contribution in [-0.4, -0.2) is 16.4 Å². The summed E-state index contributed by atoms with van der Waals surface area (Å²) in [5.74, 6) is 0. The molecule has 0 aliphatic heterocycles. The zero-order valence-corrected chi connectivity index (χ0v) is 9.70. The fraction of sp³-hybridized carbons (Fsp3) is 0.500. The van der Waals surface area contributed by atoms with Crippen LogP contribution in [0.25, 0.3) is 0 Å². The Morgan fingerprint density at radius 2 is 1.93 bits per heavy atom. The molecule has 0 spiro atoms. The van der Waals surface area contributed by atoms with E-state index in [0.717, 1.165) is 10.8 Å². The molecule has 0 saturated heterocycles. The van der Waals surface area contributed by atoms with Gasteiger partial charge in [0.15, 0.2) is 0 Å². The van der Waals surface area contributed by atoms with Gasteiger partial charge in [-0.3, -0.25) is 0 Å². The summed E-state index contributed by atoms with van der Waals surface area (Å²) >= 11 is 1.93. The fourth-order valence-corrected chi connectivity index (χ4v) is 2.48. The average molecular weight is 223 g/mol. The van der Waals surface area contributed by atoms with Crippen LogP contribution >= 0.6 is 11.8 Å². The largest absolute Gasteiger partial charge is 0.387 e. The Kier molecular flexibility index (Phi) is 3.34. The molecule has 2 nitrogen and oxygen atoms in total. The van der Waals surface area contributed by atoms with Gasteiger partial charge in [-0.1, -0.05) is 12.1 Å². The molecule has 1 aromatic rings. The molecule has 82 valence electrons.